The summed E-state index contributed by atoms with van der Waals surface area (Å²) < 4.78 is 32.9. The first kappa shape index (κ1) is 32.1. The fourth-order valence-corrected chi connectivity index (χ4v) is 6.54. The van der Waals surface area contributed by atoms with Crippen LogP contribution in [0.1, 0.15) is 54.4 Å². The van der Waals surface area contributed by atoms with Gasteiger partial charge in [0.25, 0.3) is 0 Å². The largest absolute Gasteiger partial charge is 0.495 e. The third-order valence-electron chi connectivity index (χ3n) is 7.94. The number of methoxy groups -OCH3 is 1. The van der Waals surface area contributed by atoms with E-state index in [1.807, 2.05) is 74.5 Å². The van der Waals surface area contributed by atoms with E-state index in [1.54, 1.807) is 17.0 Å². The lowest BCUT2D eigenvalue weighted by molar-refractivity contribution is -0.140. The van der Waals surface area contributed by atoms with Gasteiger partial charge in [-0.05, 0) is 55.5 Å². The molecule has 0 radical (unpaired) electrons. The van der Waals surface area contributed by atoms with E-state index < -0.39 is 28.5 Å². The van der Waals surface area contributed by atoms with Gasteiger partial charge in [-0.3, -0.25) is 13.9 Å². The molecule has 9 heteroatoms. The SMILES string of the molecule is COc1ccc(C)cc1N(CC(=O)N(Cc1cccc(C)c1)[C@H](Cc1ccccc1)C(=O)NC1CCCCC1)S(C)(=O)=O. The molecule has 2 amide bonds. The Morgan fingerprint density at radius 1 is 0.907 bits per heavy atom. The van der Waals surface area contributed by atoms with Crippen molar-refractivity contribution in [1.82, 2.24) is 10.2 Å². The zero-order valence-corrected chi connectivity index (χ0v) is 26.4. The van der Waals surface area contributed by atoms with Gasteiger partial charge < -0.3 is 15.0 Å². The van der Waals surface area contributed by atoms with Crippen molar-refractivity contribution < 1.29 is 22.7 Å². The van der Waals surface area contributed by atoms with Crippen molar-refractivity contribution in [3.8, 4) is 5.75 Å². The maximum Gasteiger partial charge on any atom is 0.244 e. The number of anilines is 1. The summed E-state index contributed by atoms with van der Waals surface area (Å²) in [5.41, 5.74) is 3.89. The van der Waals surface area contributed by atoms with Gasteiger partial charge in [0.1, 0.15) is 18.3 Å². The van der Waals surface area contributed by atoms with E-state index in [0.29, 0.717) is 12.2 Å². The molecule has 0 saturated heterocycles. The van der Waals surface area contributed by atoms with Crippen molar-refractivity contribution in [1.29, 1.82) is 0 Å². The molecule has 1 saturated carbocycles. The second-order valence-corrected chi connectivity index (χ2v) is 13.4. The topological polar surface area (TPSA) is 96.0 Å². The summed E-state index contributed by atoms with van der Waals surface area (Å²) in [4.78, 5) is 30.0. The van der Waals surface area contributed by atoms with Crippen LogP contribution in [0.5, 0.6) is 5.75 Å². The molecule has 0 aromatic heterocycles. The van der Waals surface area contributed by atoms with Gasteiger partial charge in [0.05, 0.1) is 19.1 Å². The van der Waals surface area contributed by atoms with E-state index in [-0.39, 0.29) is 24.2 Å². The summed E-state index contributed by atoms with van der Waals surface area (Å²) in [5.74, 6) is -0.365. The molecule has 0 spiro atoms. The molecule has 230 valence electrons. The van der Waals surface area contributed by atoms with Crippen LogP contribution in [0.4, 0.5) is 5.69 Å². The van der Waals surface area contributed by atoms with Crippen molar-refractivity contribution in [3.63, 3.8) is 0 Å². The molecule has 1 N–H and O–H groups in total. The van der Waals surface area contributed by atoms with Gasteiger partial charge in [-0.1, -0.05) is 85.5 Å². The maximum atomic E-state index is 14.4. The van der Waals surface area contributed by atoms with E-state index in [9.17, 15) is 18.0 Å². The van der Waals surface area contributed by atoms with Gasteiger partial charge in [-0.2, -0.15) is 0 Å². The number of sulfonamides is 1. The summed E-state index contributed by atoms with van der Waals surface area (Å²) >= 11 is 0. The molecule has 0 unspecified atom stereocenters. The first-order chi connectivity index (χ1) is 20.5. The Bertz CT molecular complexity index is 1500. The van der Waals surface area contributed by atoms with Gasteiger partial charge in [0.2, 0.25) is 21.8 Å². The van der Waals surface area contributed by atoms with Gasteiger partial charge in [-0.15, -0.1) is 0 Å². The van der Waals surface area contributed by atoms with E-state index in [4.69, 9.17) is 4.74 Å². The third-order valence-corrected chi connectivity index (χ3v) is 9.07. The number of carbonyl (C=O) groups excluding carboxylic acids is 2. The summed E-state index contributed by atoms with van der Waals surface area (Å²) in [7, 11) is -2.43. The minimum atomic E-state index is -3.90. The van der Waals surface area contributed by atoms with Crippen LogP contribution >= 0.6 is 0 Å². The Labute approximate surface area is 256 Å². The molecular formula is C34H43N3O5S. The molecular weight excluding hydrogens is 562 g/mol. The van der Waals surface area contributed by atoms with Gasteiger partial charge in [-0.25, -0.2) is 8.42 Å². The van der Waals surface area contributed by atoms with Gasteiger partial charge in [0.15, 0.2) is 0 Å². The quantitative estimate of drug-likeness (QED) is 0.308. The second kappa shape index (κ2) is 14.6. The van der Waals surface area contributed by atoms with E-state index in [0.717, 1.165) is 64.9 Å². The Morgan fingerprint density at radius 2 is 1.58 bits per heavy atom. The molecule has 43 heavy (non-hydrogen) atoms. The molecule has 1 fully saturated rings. The number of nitrogens with zero attached hydrogens (tertiary/aromatic N) is 2. The third kappa shape index (κ3) is 8.83. The molecule has 8 nitrogen and oxygen atoms in total. The maximum absolute atomic E-state index is 14.4. The summed E-state index contributed by atoms with van der Waals surface area (Å²) in [5, 5.41) is 3.23. The zero-order chi connectivity index (χ0) is 31.0. The minimum absolute atomic E-state index is 0.0551. The average molecular weight is 606 g/mol. The second-order valence-electron chi connectivity index (χ2n) is 11.5. The number of ether oxygens (including phenoxy) is 1. The first-order valence-corrected chi connectivity index (χ1v) is 16.7. The Kier molecular flexibility index (Phi) is 10.9. The number of aryl methyl sites for hydroxylation is 2. The van der Waals surface area contributed by atoms with Crippen molar-refractivity contribution in [2.45, 2.75) is 71.0 Å². The van der Waals surface area contributed by atoms with E-state index in [1.165, 1.54) is 7.11 Å². The van der Waals surface area contributed by atoms with Crippen LogP contribution < -0.4 is 14.4 Å². The molecule has 1 atom stereocenters. The van der Waals surface area contributed by atoms with Crippen LogP contribution in [-0.4, -0.2) is 57.1 Å². The summed E-state index contributed by atoms with van der Waals surface area (Å²) in [6.07, 6.45) is 6.45. The molecule has 3 aromatic rings. The van der Waals surface area contributed by atoms with Gasteiger partial charge in [0, 0.05) is 19.0 Å². The Hall–Kier alpha value is -3.85. The molecule has 0 bridgehead atoms. The van der Waals surface area contributed by atoms with Crippen LogP contribution in [0, 0.1) is 13.8 Å². The minimum Gasteiger partial charge on any atom is -0.495 e. The highest BCUT2D eigenvalue weighted by atomic mass is 32.2. The number of carbonyl (C=O) groups is 2. The molecule has 1 aliphatic carbocycles. The fraction of sp³-hybridized carbons (Fsp3) is 0.412. The van der Waals surface area contributed by atoms with Crippen LogP contribution in [-0.2, 0) is 32.6 Å². The Balaban J connectivity index is 1.75. The fourth-order valence-electron chi connectivity index (χ4n) is 5.70. The van der Waals surface area contributed by atoms with E-state index >= 15 is 0 Å². The molecule has 3 aromatic carbocycles. The van der Waals surface area contributed by atoms with Crippen LogP contribution in [0.15, 0.2) is 72.8 Å². The highest BCUT2D eigenvalue weighted by Crippen LogP contribution is 2.31. The zero-order valence-electron chi connectivity index (χ0n) is 25.6. The predicted octanol–water partition coefficient (Wildman–Crippen LogP) is 5.17. The molecule has 0 heterocycles. The molecule has 1 aliphatic rings. The summed E-state index contributed by atoms with van der Waals surface area (Å²) in [6, 6.07) is 21.8. The number of nitrogens with one attached hydrogen (secondary N) is 1. The lowest BCUT2D eigenvalue weighted by Gasteiger charge is -2.35. The number of rotatable bonds is 12. The smallest absolute Gasteiger partial charge is 0.244 e. The lowest BCUT2D eigenvalue weighted by atomic mass is 9.94. The molecule has 4 rings (SSSR count). The van der Waals surface area contributed by atoms with Crippen molar-refractivity contribution in [2.24, 2.45) is 0 Å². The molecule has 0 aliphatic heterocycles. The number of hydrogen-bond acceptors (Lipinski definition) is 5. The summed E-state index contributed by atoms with van der Waals surface area (Å²) in [6.45, 7) is 3.49. The predicted molar refractivity (Wildman–Crippen MR) is 171 cm³/mol. The van der Waals surface area contributed by atoms with Crippen molar-refractivity contribution in [2.75, 3.05) is 24.2 Å². The highest BCUT2D eigenvalue weighted by Gasteiger charge is 2.34. The van der Waals surface area contributed by atoms with Crippen LogP contribution in [0.2, 0.25) is 0 Å². The van der Waals surface area contributed by atoms with Gasteiger partial charge >= 0.3 is 0 Å². The first-order valence-electron chi connectivity index (χ1n) is 14.9. The number of benzene rings is 3. The number of amides is 2. The standard InChI is InChI=1S/C34H43N3O5S/c1-25-12-11-15-28(20-25)23-36(33(38)24-37(43(4,40)41)30-21-26(2)18-19-32(30)42-3)31(22-27-13-7-5-8-14-27)34(39)35-29-16-9-6-10-17-29/h5,7-8,11-15,18-21,29,31H,6,9-10,16-17,22-24H2,1-4H3,(H,35,39)/t31-/m1/s1. The number of hydrogen-bond donors (Lipinski definition) is 1. The Morgan fingerprint density at radius 3 is 2.23 bits per heavy atom. The lowest BCUT2D eigenvalue weighted by Crippen LogP contribution is -2.55. The van der Waals surface area contributed by atoms with Crippen molar-refractivity contribution in [3.05, 3.63) is 95.1 Å². The van der Waals surface area contributed by atoms with E-state index in [2.05, 4.69) is 5.32 Å². The average Bonchev–Trinajstić information content (AvgIpc) is 2.98. The normalized spacial score (nSPS) is 14.5. The highest BCUT2D eigenvalue weighted by molar-refractivity contribution is 7.92. The van der Waals surface area contributed by atoms with Crippen LogP contribution in [0.25, 0.3) is 0 Å². The van der Waals surface area contributed by atoms with Crippen LogP contribution in [0.3, 0.4) is 0 Å². The monoisotopic (exact) mass is 605 g/mol. The van der Waals surface area contributed by atoms with Crippen molar-refractivity contribution >= 4 is 27.5 Å².